The van der Waals surface area contributed by atoms with Crippen LogP contribution < -0.4 is 5.32 Å². The molecule has 168 valence electrons. The van der Waals surface area contributed by atoms with Crippen molar-refractivity contribution >= 4 is 17.6 Å². The Bertz CT molecular complexity index is 890. The Morgan fingerprint density at radius 3 is 2.71 bits per heavy atom. The van der Waals surface area contributed by atoms with Crippen LogP contribution in [0.5, 0.6) is 0 Å². The number of nitrogens with one attached hydrogen (secondary N) is 1. The standard InChI is InChI=1S/C22H32N6O3/c1-6-31-11-10-27-21-23-19-18(28(21)16(4)15(3)24-27)20(29)26(22(30)25(19)5)13-17-9-7-8-14(2)12-17/h7-9,12,16,18-19,21,23H,6,10-11,13H2,1-5H3. The molecule has 2 saturated heterocycles. The van der Waals surface area contributed by atoms with Crippen LogP contribution in [0.25, 0.3) is 0 Å². The first-order chi connectivity index (χ1) is 14.8. The van der Waals surface area contributed by atoms with Crippen LogP contribution in [-0.4, -0.2) is 88.7 Å². The number of aryl methyl sites for hydroxylation is 1. The summed E-state index contributed by atoms with van der Waals surface area (Å²) in [6, 6.07) is 7.13. The number of imide groups is 1. The Balaban J connectivity index is 1.62. The first-order valence-corrected chi connectivity index (χ1v) is 10.9. The highest BCUT2D eigenvalue weighted by Crippen LogP contribution is 2.33. The zero-order chi connectivity index (χ0) is 22.3. The van der Waals surface area contributed by atoms with Gasteiger partial charge in [-0.2, -0.15) is 5.10 Å². The summed E-state index contributed by atoms with van der Waals surface area (Å²) < 4.78 is 5.52. The average Bonchev–Trinajstić information content (AvgIpc) is 3.15. The fraction of sp³-hybridized carbons (Fsp3) is 0.591. The summed E-state index contributed by atoms with van der Waals surface area (Å²) >= 11 is 0. The Morgan fingerprint density at radius 2 is 2.00 bits per heavy atom. The third-order valence-electron chi connectivity index (χ3n) is 6.40. The van der Waals surface area contributed by atoms with Crippen molar-refractivity contribution in [2.75, 3.05) is 26.8 Å². The van der Waals surface area contributed by atoms with Gasteiger partial charge in [0.15, 0.2) is 6.29 Å². The molecule has 1 N–H and O–H groups in total. The molecule has 3 heterocycles. The van der Waals surface area contributed by atoms with Crippen LogP contribution in [0.15, 0.2) is 29.4 Å². The van der Waals surface area contributed by atoms with Gasteiger partial charge in [-0.25, -0.2) is 9.69 Å². The monoisotopic (exact) mass is 428 g/mol. The maximum atomic E-state index is 13.6. The maximum absolute atomic E-state index is 13.6. The zero-order valence-electron chi connectivity index (χ0n) is 18.9. The van der Waals surface area contributed by atoms with Crippen LogP contribution in [0.1, 0.15) is 31.9 Å². The quantitative estimate of drug-likeness (QED) is 0.690. The van der Waals surface area contributed by atoms with Crippen LogP contribution >= 0.6 is 0 Å². The molecule has 0 bridgehead atoms. The van der Waals surface area contributed by atoms with E-state index >= 15 is 0 Å². The molecule has 4 atom stereocenters. The van der Waals surface area contributed by atoms with Crippen LogP contribution in [0, 0.1) is 6.92 Å². The molecule has 0 aliphatic carbocycles. The summed E-state index contributed by atoms with van der Waals surface area (Å²) in [7, 11) is 1.75. The number of nitrogens with zero attached hydrogens (tertiary/aromatic N) is 5. The van der Waals surface area contributed by atoms with Gasteiger partial charge in [0.25, 0.3) is 5.91 Å². The van der Waals surface area contributed by atoms with E-state index in [0.29, 0.717) is 19.8 Å². The minimum absolute atomic E-state index is 0.0257. The van der Waals surface area contributed by atoms with E-state index < -0.39 is 12.2 Å². The van der Waals surface area contributed by atoms with Gasteiger partial charge in [-0.05, 0) is 33.3 Å². The van der Waals surface area contributed by atoms with Crippen LogP contribution in [0.4, 0.5) is 4.79 Å². The number of ether oxygens (including phenoxy) is 1. The van der Waals surface area contributed by atoms with Gasteiger partial charge in [0.05, 0.1) is 31.4 Å². The van der Waals surface area contributed by atoms with E-state index in [2.05, 4.69) is 17.1 Å². The van der Waals surface area contributed by atoms with Crippen molar-refractivity contribution in [1.29, 1.82) is 0 Å². The van der Waals surface area contributed by atoms with Gasteiger partial charge in [-0.1, -0.05) is 29.8 Å². The van der Waals surface area contributed by atoms with Crippen LogP contribution in [0.2, 0.25) is 0 Å². The lowest BCUT2D eigenvalue weighted by atomic mass is 10.0. The smallest absolute Gasteiger partial charge is 0.328 e. The second-order valence-corrected chi connectivity index (χ2v) is 8.46. The van der Waals surface area contributed by atoms with Crippen LogP contribution in [0.3, 0.4) is 0 Å². The highest BCUT2D eigenvalue weighted by Gasteiger charge is 2.57. The summed E-state index contributed by atoms with van der Waals surface area (Å²) in [4.78, 5) is 31.9. The van der Waals surface area contributed by atoms with Crippen molar-refractivity contribution in [1.82, 2.24) is 25.0 Å². The average molecular weight is 429 g/mol. The SMILES string of the molecule is CCOCCN1N=C(C)C(C)N2C3C(=O)N(Cc4cccc(C)c4)C(=O)N(C)C3NC12. The number of hydrogen-bond donors (Lipinski definition) is 1. The Kier molecular flexibility index (Phi) is 6.00. The van der Waals surface area contributed by atoms with E-state index in [0.717, 1.165) is 16.8 Å². The first kappa shape index (κ1) is 21.7. The molecule has 0 saturated carbocycles. The summed E-state index contributed by atoms with van der Waals surface area (Å²) in [6.07, 6.45) is -0.677. The van der Waals surface area contributed by atoms with E-state index in [1.807, 2.05) is 50.0 Å². The van der Waals surface area contributed by atoms with Gasteiger partial charge in [0, 0.05) is 13.7 Å². The molecule has 2 fully saturated rings. The fourth-order valence-electron chi connectivity index (χ4n) is 4.66. The third-order valence-corrected chi connectivity index (χ3v) is 6.40. The largest absolute Gasteiger partial charge is 0.380 e. The molecule has 1 aromatic rings. The van der Waals surface area contributed by atoms with Gasteiger partial charge in [-0.15, -0.1) is 0 Å². The lowest BCUT2D eigenvalue weighted by Crippen LogP contribution is -2.67. The van der Waals surface area contributed by atoms with E-state index in [9.17, 15) is 9.59 Å². The molecule has 1 aromatic carbocycles. The number of hydrogen-bond acceptors (Lipinski definition) is 7. The molecule has 31 heavy (non-hydrogen) atoms. The maximum Gasteiger partial charge on any atom is 0.328 e. The molecule has 0 radical (unpaired) electrons. The minimum Gasteiger partial charge on any atom is -0.380 e. The van der Waals surface area contributed by atoms with Gasteiger partial charge >= 0.3 is 6.03 Å². The van der Waals surface area contributed by atoms with Gasteiger partial charge in [-0.3, -0.25) is 20.0 Å². The minimum atomic E-state index is -0.479. The number of carbonyl (C=O) groups excluding carboxylic acids is 2. The molecular weight excluding hydrogens is 396 g/mol. The molecule has 3 aliphatic rings. The van der Waals surface area contributed by atoms with Gasteiger partial charge < -0.3 is 9.64 Å². The normalized spacial score (nSPS) is 28.7. The van der Waals surface area contributed by atoms with E-state index in [4.69, 9.17) is 9.84 Å². The molecule has 0 spiro atoms. The lowest BCUT2D eigenvalue weighted by Gasteiger charge is -2.45. The highest BCUT2D eigenvalue weighted by molar-refractivity contribution is 6.01. The molecule has 9 heteroatoms. The Labute approximate surface area is 183 Å². The molecule has 0 aromatic heterocycles. The number of carbonyl (C=O) groups is 2. The third kappa shape index (κ3) is 3.81. The second kappa shape index (κ2) is 8.57. The summed E-state index contributed by atoms with van der Waals surface area (Å²) in [5.74, 6) is -0.170. The van der Waals surface area contributed by atoms with Gasteiger partial charge in [0.1, 0.15) is 12.2 Å². The topological polar surface area (TPSA) is 80.7 Å². The summed E-state index contributed by atoms with van der Waals surface area (Å²) in [5.41, 5.74) is 2.98. The molecule has 3 amide bonds. The molecule has 4 rings (SSSR count). The number of benzene rings is 1. The fourth-order valence-corrected chi connectivity index (χ4v) is 4.66. The van der Waals surface area contributed by atoms with Crippen molar-refractivity contribution in [3.05, 3.63) is 35.4 Å². The lowest BCUT2D eigenvalue weighted by molar-refractivity contribution is -0.140. The number of rotatable bonds is 6. The van der Waals surface area contributed by atoms with Crippen molar-refractivity contribution in [2.24, 2.45) is 5.10 Å². The van der Waals surface area contributed by atoms with Crippen molar-refractivity contribution in [2.45, 2.75) is 58.8 Å². The molecule has 9 nitrogen and oxygen atoms in total. The molecular formula is C22H32N6O3. The zero-order valence-corrected chi connectivity index (χ0v) is 18.9. The number of fused-ring (bicyclic) bond motifs is 3. The van der Waals surface area contributed by atoms with E-state index in [1.165, 1.54) is 4.90 Å². The van der Waals surface area contributed by atoms with Gasteiger partial charge in [0.2, 0.25) is 0 Å². The van der Waals surface area contributed by atoms with Crippen molar-refractivity contribution in [3.63, 3.8) is 0 Å². The highest BCUT2D eigenvalue weighted by atomic mass is 16.5. The Morgan fingerprint density at radius 1 is 1.23 bits per heavy atom. The predicted octanol–water partition coefficient (Wildman–Crippen LogP) is 1.39. The van der Waals surface area contributed by atoms with E-state index in [1.54, 1.807) is 11.9 Å². The number of urea groups is 1. The summed E-state index contributed by atoms with van der Waals surface area (Å²) in [6.45, 7) is 10.1. The van der Waals surface area contributed by atoms with E-state index in [-0.39, 0.29) is 30.8 Å². The number of hydrazone groups is 1. The first-order valence-electron chi connectivity index (χ1n) is 10.9. The molecule has 4 unspecified atom stereocenters. The Hall–Kier alpha value is -2.49. The molecule has 3 aliphatic heterocycles. The van der Waals surface area contributed by atoms with Crippen LogP contribution in [-0.2, 0) is 16.1 Å². The van der Waals surface area contributed by atoms with Crippen molar-refractivity contribution < 1.29 is 14.3 Å². The second-order valence-electron chi connectivity index (χ2n) is 8.46. The predicted molar refractivity (Wildman–Crippen MR) is 117 cm³/mol. The number of amides is 3. The summed E-state index contributed by atoms with van der Waals surface area (Å²) in [5, 5.41) is 10.1. The van der Waals surface area contributed by atoms with Crippen molar-refractivity contribution in [3.8, 4) is 0 Å². The number of likely N-dealkylation sites (N-methyl/N-ethyl adjacent to an activating group) is 1.